The van der Waals surface area contributed by atoms with E-state index in [4.69, 9.17) is 4.74 Å². The number of Topliss-reactive ketones (excluding diaryl/α,β-unsaturated/α-hetero) is 1. The molecule has 0 radical (unpaired) electrons. The van der Waals surface area contributed by atoms with Gasteiger partial charge in [0.15, 0.2) is 6.61 Å². The molecule has 0 saturated heterocycles. The van der Waals surface area contributed by atoms with Crippen molar-refractivity contribution in [3.63, 3.8) is 0 Å². The molecule has 31 heavy (non-hydrogen) atoms. The predicted octanol–water partition coefficient (Wildman–Crippen LogP) is 3.34. The van der Waals surface area contributed by atoms with Crippen LogP contribution >= 0.6 is 0 Å². The van der Waals surface area contributed by atoms with E-state index in [1.54, 1.807) is 50.3 Å². The number of carbonyl (C=O) groups excluding carboxylic acids is 4. The monoisotopic (exact) mass is 422 g/mol. The number of allylic oxidation sites excluding steroid dienone is 1. The van der Waals surface area contributed by atoms with Crippen molar-refractivity contribution in [2.45, 2.75) is 40.3 Å². The normalized spacial score (nSPS) is 14.0. The van der Waals surface area contributed by atoms with E-state index in [-0.39, 0.29) is 22.8 Å². The summed E-state index contributed by atoms with van der Waals surface area (Å²) in [5.41, 5.74) is 2.65. The van der Waals surface area contributed by atoms with Crippen molar-refractivity contribution in [3.8, 4) is 0 Å². The molecule has 2 amide bonds. The first-order valence-electron chi connectivity index (χ1n) is 10.1. The first kappa shape index (κ1) is 22.2. The lowest BCUT2D eigenvalue weighted by Gasteiger charge is -2.27. The SMILES string of the molecule is C=CCn1c(C)cc(C(=O)COC(=O)[C@@H](C(C)C)N2C(=O)c3ccccc3C2=O)c1C. The van der Waals surface area contributed by atoms with Crippen molar-refractivity contribution >= 4 is 23.6 Å². The summed E-state index contributed by atoms with van der Waals surface area (Å²) in [5, 5.41) is 0. The van der Waals surface area contributed by atoms with Gasteiger partial charge < -0.3 is 9.30 Å². The van der Waals surface area contributed by atoms with Gasteiger partial charge in [0.2, 0.25) is 5.78 Å². The van der Waals surface area contributed by atoms with Crippen LogP contribution in [0.3, 0.4) is 0 Å². The molecule has 2 heterocycles. The summed E-state index contributed by atoms with van der Waals surface area (Å²) in [7, 11) is 0. The van der Waals surface area contributed by atoms with Crippen LogP contribution in [0, 0.1) is 19.8 Å². The van der Waals surface area contributed by atoms with Crippen LogP contribution in [0.25, 0.3) is 0 Å². The van der Waals surface area contributed by atoms with Crippen molar-refractivity contribution in [1.82, 2.24) is 9.47 Å². The fourth-order valence-electron chi connectivity index (χ4n) is 3.93. The standard InChI is InChI=1S/C24H26N2O5/c1-6-11-25-15(4)12-19(16(25)5)20(27)13-31-24(30)21(14(2)3)26-22(28)17-9-7-8-10-18(17)23(26)29/h6-10,12,14,21H,1,11,13H2,2-5H3/t21-/m1/s1. The second-order valence-electron chi connectivity index (χ2n) is 7.93. The Hall–Kier alpha value is -3.48. The van der Waals surface area contributed by atoms with E-state index in [0.717, 1.165) is 16.3 Å². The highest BCUT2D eigenvalue weighted by Gasteiger charge is 2.44. The number of imide groups is 1. The minimum absolute atomic E-state index is 0.261. The molecule has 0 saturated carbocycles. The Morgan fingerprint density at radius 2 is 1.68 bits per heavy atom. The number of rotatable bonds is 8. The topological polar surface area (TPSA) is 85.7 Å². The van der Waals surface area contributed by atoms with Gasteiger partial charge in [-0.05, 0) is 38.0 Å². The first-order valence-corrected chi connectivity index (χ1v) is 10.1. The highest BCUT2D eigenvalue weighted by molar-refractivity contribution is 6.22. The van der Waals surface area contributed by atoms with Crippen LogP contribution in [-0.2, 0) is 16.1 Å². The molecule has 1 aromatic carbocycles. The molecule has 0 spiro atoms. The predicted molar refractivity (Wildman–Crippen MR) is 115 cm³/mol. The average molecular weight is 422 g/mol. The lowest BCUT2D eigenvalue weighted by Crippen LogP contribution is -2.49. The van der Waals surface area contributed by atoms with Crippen LogP contribution in [0.15, 0.2) is 43.0 Å². The minimum atomic E-state index is -1.12. The van der Waals surface area contributed by atoms with Gasteiger partial charge in [-0.15, -0.1) is 6.58 Å². The van der Waals surface area contributed by atoms with Crippen molar-refractivity contribution in [3.05, 3.63) is 71.1 Å². The molecule has 7 nitrogen and oxygen atoms in total. The van der Waals surface area contributed by atoms with Gasteiger partial charge in [0.1, 0.15) is 6.04 Å². The average Bonchev–Trinajstić information content (AvgIpc) is 3.15. The zero-order valence-corrected chi connectivity index (χ0v) is 18.2. The second-order valence-corrected chi connectivity index (χ2v) is 7.93. The van der Waals surface area contributed by atoms with Crippen LogP contribution in [0.4, 0.5) is 0 Å². The van der Waals surface area contributed by atoms with E-state index >= 15 is 0 Å². The van der Waals surface area contributed by atoms with Crippen LogP contribution in [0.1, 0.15) is 56.3 Å². The van der Waals surface area contributed by atoms with E-state index in [1.807, 2.05) is 18.4 Å². The number of aromatic nitrogens is 1. The molecular formula is C24H26N2O5. The molecular weight excluding hydrogens is 396 g/mol. The lowest BCUT2D eigenvalue weighted by molar-refractivity contribution is -0.148. The van der Waals surface area contributed by atoms with E-state index in [0.29, 0.717) is 12.1 Å². The number of benzene rings is 1. The Morgan fingerprint density at radius 3 is 2.19 bits per heavy atom. The van der Waals surface area contributed by atoms with Gasteiger partial charge in [0.05, 0.1) is 11.1 Å². The largest absolute Gasteiger partial charge is 0.456 e. The van der Waals surface area contributed by atoms with Crippen LogP contribution in [0.2, 0.25) is 0 Å². The molecule has 1 atom stereocenters. The number of hydrogen-bond acceptors (Lipinski definition) is 5. The lowest BCUT2D eigenvalue weighted by atomic mass is 10.0. The van der Waals surface area contributed by atoms with Gasteiger partial charge in [-0.1, -0.05) is 32.1 Å². The zero-order valence-electron chi connectivity index (χ0n) is 18.2. The third-order valence-electron chi connectivity index (χ3n) is 5.51. The van der Waals surface area contributed by atoms with Gasteiger partial charge in [0.25, 0.3) is 11.8 Å². The summed E-state index contributed by atoms with van der Waals surface area (Å²) in [6.07, 6.45) is 1.74. The Balaban J connectivity index is 1.76. The number of aryl methyl sites for hydroxylation is 1. The molecule has 0 N–H and O–H groups in total. The van der Waals surface area contributed by atoms with Gasteiger partial charge in [-0.3, -0.25) is 19.3 Å². The quantitative estimate of drug-likeness (QED) is 0.282. The molecule has 1 aliphatic rings. The number of carbonyl (C=O) groups is 4. The number of amides is 2. The molecule has 162 valence electrons. The number of esters is 1. The molecule has 2 aromatic rings. The Bertz CT molecular complexity index is 1040. The van der Waals surface area contributed by atoms with E-state index < -0.39 is 30.4 Å². The summed E-state index contributed by atoms with van der Waals surface area (Å²) in [6.45, 7) is 11.0. The Kier molecular flexibility index (Phi) is 6.24. The highest BCUT2D eigenvalue weighted by Crippen LogP contribution is 2.27. The van der Waals surface area contributed by atoms with Crippen LogP contribution < -0.4 is 0 Å². The summed E-state index contributed by atoms with van der Waals surface area (Å²) in [5.74, 6) is -2.58. The maximum atomic E-state index is 12.9. The summed E-state index contributed by atoms with van der Waals surface area (Å²) in [4.78, 5) is 52.1. The number of nitrogens with zero attached hydrogens (tertiary/aromatic N) is 2. The number of ketones is 1. The molecule has 0 bridgehead atoms. The molecule has 7 heteroatoms. The highest BCUT2D eigenvalue weighted by atomic mass is 16.5. The first-order chi connectivity index (χ1) is 14.7. The fraction of sp³-hybridized carbons (Fsp3) is 0.333. The third kappa shape index (κ3) is 3.95. The summed E-state index contributed by atoms with van der Waals surface area (Å²) >= 11 is 0. The Labute approximate surface area is 181 Å². The van der Waals surface area contributed by atoms with E-state index in [1.165, 1.54) is 0 Å². The number of hydrogen-bond donors (Lipinski definition) is 0. The van der Waals surface area contributed by atoms with Gasteiger partial charge >= 0.3 is 5.97 Å². The van der Waals surface area contributed by atoms with Gasteiger partial charge in [-0.2, -0.15) is 0 Å². The van der Waals surface area contributed by atoms with Crippen LogP contribution in [-0.4, -0.2) is 45.7 Å². The van der Waals surface area contributed by atoms with E-state index in [2.05, 4.69) is 6.58 Å². The van der Waals surface area contributed by atoms with Crippen molar-refractivity contribution < 1.29 is 23.9 Å². The molecule has 0 aliphatic carbocycles. The zero-order chi connectivity index (χ0) is 22.9. The molecule has 1 aromatic heterocycles. The second kappa shape index (κ2) is 8.71. The molecule has 0 unspecified atom stereocenters. The molecule has 3 rings (SSSR count). The summed E-state index contributed by atoms with van der Waals surface area (Å²) < 4.78 is 7.23. The van der Waals surface area contributed by atoms with Crippen molar-refractivity contribution in [2.24, 2.45) is 5.92 Å². The fourth-order valence-corrected chi connectivity index (χ4v) is 3.93. The maximum Gasteiger partial charge on any atom is 0.330 e. The number of ether oxygens (including phenoxy) is 1. The van der Waals surface area contributed by atoms with Crippen molar-refractivity contribution in [1.29, 1.82) is 0 Å². The summed E-state index contributed by atoms with van der Waals surface area (Å²) in [6, 6.07) is 7.07. The minimum Gasteiger partial charge on any atom is -0.456 e. The third-order valence-corrected chi connectivity index (χ3v) is 5.51. The van der Waals surface area contributed by atoms with Crippen LogP contribution in [0.5, 0.6) is 0 Å². The molecule has 1 aliphatic heterocycles. The molecule has 0 fully saturated rings. The van der Waals surface area contributed by atoms with E-state index in [9.17, 15) is 19.2 Å². The Morgan fingerprint density at radius 1 is 1.10 bits per heavy atom. The smallest absolute Gasteiger partial charge is 0.330 e. The van der Waals surface area contributed by atoms with Gasteiger partial charge in [0, 0.05) is 23.5 Å². The van der Waals surface area contributed by atoms with Gasteiger partial charge in [-0.25, -0.2) is 4.79 Å². The number of fused-ring (bicyclic) bond motifs is 1. The van der Waals surface area contributed by atoms with Crippen molar-refractivity contribution in [2.75, 3.05) is 6.61 Å². The maximum absolute atomic E-state index is 12.9.